The normalized spacial score (nSPS) is 10.0. The number of carbonyl (C=O) groups is 1. The molecule has 1 N–H and O–H groups in total. The zero-order valence-corrected chi connectivity index (χ0v) is 13.8. The number of rotatable bonds is 2. The third-order valence-corrected chi connectivity index (χ3v) is 4.48. The van der Waals surface area contributed by atoms with Crippen molar-refractivity contribution in [2.45, 2.75) is 6.92 Å². The third-order valence-electron chi connectivity index (χ3n) is 2.90. The maximum absolute atomic E-state index is 13.7. The molecule has 0 saturated carbocycles. The topological polar surface area (TPSA) is 52.9 Å². The van der Waals surface area contributed by atoms with Gasteiger partial charge in [0.05, 0.1) is 16.7 Å². The molecule has 0 bridgehead atoms. The van der Waals surface area contributed by atoms with Crippen molar-refractivity contribution in [2.75, 3.05) is 5.32 Å². The zero-order valence-electron chi connectivity index (χ0n) is 10.9. The van der Waals surface area contributed by atoms with Gasteiger partial charge in [0, 0.05) is 20.4 Å². The molecule has 106 valence electrons. The Morgan fingerprint density at radius 2 is 2.10 bits per heavy atom. The molecule has 0 radical (unpaired) electrons. The van der Waals surface area contributed by atoms with Crippen LogP contribution in [0.15, 0.2) is 30.3 Å². The van der Waals surface area contributed by atoms with Crippen LogP contribution in [-0.4, -0.2) is 5.91 Å². The molecule has 21 heavy (non-hydrogen) atoms. The lowest BCUT2D eigenvalue weighted by molar-refractivity contribution is 0.102. The first-order valence-electron chi connectivity index (χ1n) is 5.89. The second-order valence-electron chi connectivity index (χ2n) is 4.33. The van der Waals surface area contributed by atoms with E-state index < -0.39 is 11.7 Å². The summed E-state index contributed by atoms with van der Waals surface area (Å²) >= 11 is 8.03. The van der Waals surface area contributed by atoms with Crippen molar-refractivity contribution >= 4 is 45.8 Å². The SMILES string of the molecule is Cc1c(F)cc(C#N)cc1NC(=O)c1ccc(I)c(Cl)c1. The summed E-state index contributed by atoms with van der Waals surface area (Å²) in [5, 5.41) is 11.9. The minimum atomic E-state index is -0.537. The summed E-state index contributed by atoms with van der Waals surface area (Å²) in [6.45, 7) is 1.53. The summed E-state index contributed by atoms with van der Waals surface area (Å²) in [5.74, 6) is -0.948. The van der Waals surface area contributed by atoms with E-state index in [0.717, 1.165) is 9.64 Å². The van der Waals surface area contributed by atoms with E-state index in [2.05, 4.69) is 27.9 Å². The number of hydrogen-bond donors (Lipinski definition) is 1. The van der Waals surface area contributed by atoms with Crippen molar-refractivity contribution < 1.29 is 9.18 Å². The van der Waals surface area contributed by atoms with E-state index in [9.17, 15) is 9.18 Å². The number of nitrogens with one attached hydrogen (secondary N) is 1. The summed E-state index contributed by atoms with van der Waals surface area (Å²) in [7, 11) is 0. The van der Waals surface area contributed by atoms with Gasteiger partial charge in [0.15, 0.2) is 0 Å². The fourth-order valence-electron chi connectivity index (χ4n) is 1.71. The number of nitrogens with zero attached hydrogens (tertiary/aromatic N) is 1. The standard InChI is InChI=1S/C15H9ClFIN2O/c1-8-12(17)4-9(7-19)5-14(8)20-15(21)10-2-3-13(18)11(16)6-10/h2-6H,1H3,(H,20,21). The van der Waals surface area contributed by atoms with Gasteiger partial charge in [-0.2, -0.15) is 5.26 Å². The molecule has 0 unspecified atom stereocenters. The average molecular weight is 415 g/mol. The van der Waals surface area contributed by atoms with Gasteiger partial charge in [0.2, 0.25) is 0 Å². The smallest absolute Gasteiger partial charge is 0.255 e. The summed E-state index contributed by atoms with van der Waals surface area (Å²) < 4.78 is 14.5. The van der Waals surface area contributed by atoms with Gasteiger partial charge in [-0.1, -0.05) is 11.6 Å². The molecular weight excluding hydrogens is 406 g/mol. The molecule has 6 heteroatoms. The van der Waals surface area contributed by atoms with E-state index in [1.165, 1.54) is 13.0 Å². The van der Waals surface area contributed by atoms with Crippen molar-refractivity contribution in [1.29, 1.82) is 5.26 Å². The molecule has 0 saturated heterocycles. The van der Waals surface area contributed by atoms with Gasteiger partial charge in [-0.05, 0) is 59.8 Å². The van der Waals surface area contributed by atoms with Crippen LogP contribution in [0.1, 0.15) is 21.5 Å². The Labute approximate surface area is 139 Å². The van der Waals surface area contributed by atoms with E-state index in [-0.39, 0.29) is 16.8 Å². The predicted molar refractivity (Wildman–Crippen MR) is 88.0 cm³/mol. The first-order valence-corrected chi connectivity index (χ1v) is 7.34. The fraction of sp³-hybridized carbons (Fsp3) is 0.0667. The van der Waals surface area contributed by atoms with Crippen LogP contribution in [-0.2, 0) is 0 Å². The maximum Gasteiger partial charge on any atom is 0.255 e. The van der Waals surface area contributed by atoms with Crippen LogP contribution in [0.2, 0.25) is 5.02 Å². The van der Waals surface area contributed by atoms with E-state index in [1.54, 1.807) is 18.2 Å². The molecule has 2 aromatic rings. The van der Waals surface area contributed by atoms with Crippen LogP contribution >= 0.6 is 34.2 Å². The van der Waals surface area contributed by atoms with Crippen LogP contribution in [0, 0.1) is 27.6 Å². The number of halogens is 3. The van der Waals surface area contributed by atoms with Gasteiger partial charge in [-0.25, -0.2) is 4.39 Å². The molecule has 0 atom stereocenters. The number of anilines is 1. The number of carbonyl (C=O) groups excluding carboxylic acids is 1. The minimum Gasteiger partial charge on any atom is -0.322 e. The highest BCUT2D eigenvalue weighted by Gasteiger charge is 2.12. The van der Waals surface area contributed by atoms with Crippen molar-refractivity contribution in [3.8, 4) is 6.07 Å². The lowest BCUT2D eigenvalue weighted by Crippen LogP contribution is -2.13. The predicted octanol–water partition coefficient (Wildman–Crippen LogP) is 4.52. The molecule has 0 aliphatic heterocycles. The number of benzene rings is 2. The quantitative estimate of drug-likeness (QED) is 0.735. The minimum absolute atomic E-state index is 0.147. The van der Waals surface area contributed by atoms with Crippen molar-refractivity contribution in [2.24, 2.45) is 0 Å². The first-order chi connectivity index (χ1) is 9.92. The molecular formula is C15H9ClFIN2O. The Morgan fingerprint density at radius 3 is 2.71 bits per heavy atom. The Hall–Kier alpha value is -1.65. The van der Waals surface area contributed by atoms with E-state index in [1.807, 2.05) is 6.07 Å². The highest BCUT2D eigenvalue weighted by atomic mass is 127. The zero-order chi connectivity index (χ0) is 15.6. The summed E-state index contributed by atoms with van der Waals surface area (Å²) in [6, 6.07) is 9.31. The highest BCUT2D eigenvalue weighted by Crippen LogP contribution is 2.23. The van der Waals surface area contributed by atoms with E-state index in [0.29, 0.717) is 10.6 Å². The number of amides is 1. The third kappa shape index (κ3) is 3.52. The number of hydrogen-bond acceptors (Lipinski definition) is 2. The molecule has 0 spiro atoms. The molecule has 0 aliphatic rings. The Bertz CT molecular complexity index is 771. The van der Waals surface area contributed by atoms with Crippen molar-refractivity contribution in [1.82, 2.24) is 0 Å². The van der Waals surface area contributed by atoms with E-state index >= 15 is 0 Å². The second-order valence-corrected chi connectivity index (χ2v) is 5.89. The lowest BCUT2D eigenvalue weighted by atomic mass is 10.1. The van der Waals surface area contributed by atoms with Gasteiger partial charge < -0.3 is 5.32 Å². The van der Waals surface area contributed by atoms with Crippen LogP contribution < -0.4 is 5.32 Å². The lowest BCUT2D eigenvalue weighted by Gasteiger charge is -2.10. The molecule has 2 rings (SSSR count). The van der Waals surface area contributed by atoms with Gasteiger partial charge in [-0.15, -0.1) is 0 Å². The van der Waals surface area contributed by atoms with Gasteiger partial charge >= 0.3 is 0 Å². The second kappa shape index (κ2) is 6.41. The van der Waals surface area contributed by atoms with Crippen LogP contribution in [0.5, 0.6) is 0 Å². The molecule has 0 fully saturated rings. The Kier molecular flexibility index (Phi) is 4.80. The van der Waals surface area contributed by atoms with E-state index in [4.69, 9.17) is 16.9 Å². The molecule has 0 aromatic heterocycles. The van der Waals surface area contributed by atoms with Crippen molar-refractivity contribution in [3.63, 3.8) is 0 Å². The largest absolute Gasteiger partial charge is 0.322 e. The summed E-state index contributed by atoms with van der Waals surface area (Å²) in [5.41, 5.74) is 1.06. The van der Waals surface area contributed by atoms with Crippen LogP contribution in [0.4, 0.5) is 10.1 Å². The molecule has 2 aromatic carbocycles. The van der Waals surface area contributed by atoms with Crippen LogP contribution in [0.25, 0.3) is 0 Å². The fourth-order valence-corrected chi connectivity index (χ4v) is 2.22. The van der Waals surface area contributed by atoms with Gasteiger partial charge in [0.25, 0.3) is 5.91 Å². The van der Waals surface area contributed by atoms with Gasteiger partial charge in [-0.3, -0.25) is 4.79 Å². The van der Waals surface area contributed by atoms with Crippen molar-refractivity contribution in [3.05, 3.63) is 61.4 Å². The molecule has 0 heterocycles. The Balaban J connectivity index is 2.33. The van der Waals surface area contributed by atoms with Gasteiger partial charge in [0.1, 0.15) is 5.82 Å². The Morgan fingerprint density at radius 1 is 1.38 bits per heavy atom. The highest BCUT2D eigenvalue weighted by molar-refractivity contribution is 14.1. The number of nitriles is 1. The molecule has 1 amide bonds. The molecule has 0 aliphatic carbocycles. The average Bonchev–Trinajstić information content (AvgIpc) is 2.46. The van der Waals surface area contributed by atoms with Crippen LogP contribution in [0.3, 0.4) is 0 Å². The molecule has 3 nitrogen and oxygen atoms in total. The maximum atomic E-state index is 13.7. The summed E-state index contributed by atoms with van der Waals surface area (Å²) in [6.07, 6.45) is 0. The first kappa shape index (κ1) is 15.7. The monoisotopic (exact) mass is 414 g/mol. The summed E-state index contributed by atoms with van der Waals surface area (Å²) in [4.78, 5) is 12.2.